The molecule has 3 aliphatic rings. The minimum atomic E-state index is -2.65. The molecule has 40 heavy (non-hydrogen) atoms. The van der Waals surface area contributed by atoms with Gasteiger partial charge in [0.2, 0.25) is 5.78 Å². The topological polar surface area (TPSA) is 203 Å². The molecular formula is C28H28N4O8. The summed E-state index contributed by atoms with van der Waals surface area (Å²) in [6.45, 7) is 0. The van der Waals surface area contributed by atoms with Crippen molar-refractivity contribution in [3.63, 3.8) is 0 Å². The molecule has 2 aromatic carbocycles. The van der Waals surface area contributed by atoms with E-state index in [4.69, 9.17) is 5.73 Å². The van der Waals surface area contributed by atoms with E-state index < -0.39 is 70.2 Å². The smallest absolute Gasteiger partial charge is 0.323 e. The molecule has 3 aliphatic carbocycles. The van der Waals surface area contributed by atoms with E-state index in [0.29, 0.717) is 16.9 Å². The summed E-state index contributed by atoms with van der Waals surface area (Å²) < 4.78 is 0. The Morgan fingerprint density at radius 2 is 1.73 bits per heavy atom. The predicted octanol–water partition coefficient (Wildman–Crippen LogP) is 2.13. The van der Waals surface area contributed by atoms with Crippen molar-refractivity contribution in [1.82, 2.24) is 0 Å². The van der Waals surface area contributed by atoms with Gasteiger partial charge in [-0.2, -0.15) is 0 Å². The van der Waals surface area contributed by atoms with Crippen LogP contribution in [0.25, 0.3) is 5.76 Å². The Bertz CT molecular complexity index is 1550. The molecule has 0 heterocycles. The molecule has 0 bridgehead atoms. The first-order valence-corrected chi connectivity index (χ1v) is 12.5. The molecule has 0 spiro atoms. The number of anilines is 3. The number of aromatic hydroxyl groups is 1. The van der Waals surface area contributed by atoms with E-state index in [2.05, 4.69) is 10.6 Å². The number of Topliss-reactive ketones (excluding diaryl/α,β-unsaturated/α-hetero) is 2. The lowest BCUT2D eigenvalue weighted by Crippen LogP contribution is -2.58. The minimum Gasteiger partial charge on any atom is -0.508 e. The summed E-state index contributed by atoms with van der Waals surface area (Å²) in [5.74, 6) is -7.16. The number of aliphatic hydroxyl groups is 3. The summed E-state index contributed by atoms with van der Waals surface area (Å²) in [5, 5.41) is 49.9. The van der Waals surface area contributed by atoms with Crippen LogP contribution in [-0.4, -0.2) is 63.6 Å². The average molecular weight is 549 g/mol. The van der Waals surface area contributed by atoms with Crippen LogP contribution in [-0.2, 0) is 20.8 Å². The Hall–Kier alpha value is -4.84. The van der Waals surface area contributed by atoms with E-state index >= 15 is 0 Å². The maximum absolute atomic E-state index is 13.7. The summed E-state index contributed by atoms with van der Waals surface area (Å²) in [5.41, 5.74) is 2.82. The normalized spacial score (nSPS) is 23.7. The first-order chi connectivity index (χ1) is 18.9. The fourth-order valence-electron chi connectivity index (χ4n) is 5.97. The molecule has 208 valence electrons. The maximum atomic E-state index is 13.7. The van der Waals surface area contributed by atoms with Gasteiger partial charge in [-0.3, -0.25) is 14.4 Å². The Morgan fingerprint density at radius 3 is 2.35 bits per heavy atom. The summed E-state index contributed by atoms with van der Waals surface area (Å²) in [7, 11) is 3.46. The summed E-state index contributed by atoms with van der Waals surface area (Å²) in [6.07, 6.45) is -0.227. The van der Waals surface area contributed by atoms with E-state index in [-0.39, 0.29) is 29.7 Å². The number of phenolic OH excluding ortho intramolecular Hbond substituents is 1. The first-order valence-electron chi connectivity index (χ1n) is 12.5. The van der Waals surface area contributed by atoms with Crippen molar-refractivity contribution in [3.05, 3.63) is 64.4 Å². The van der Waals surface area contributed by atoms with Crippen LogP contribution in [0.1, 0.15) is 24.0 Å². The highest BCUT2D eigenvalue weighted by molar-refractivity contribution is 6.22. The van der Waals surface area contributed by atoms with Crippen LogP contribution in [0.4, 0.5) is 21.9 Å². The molecule has 0 saturated heterocycles. The lowest BCUT2D eigenvalue weighted by Gasteiger charge is -2.46. The molecule has 8 N–H and O–H groups in total. The summed E-state index contributed by atoms with van der Waals surface area (Å²) in [4.78, 5) is 52.5. The Labute approximate surface area is 228 Å². The molecule has 1 saturated carbocycles. The highest BCUT2D eigenvalue weighted by atomic mass is 16.3. The van der Waals surface area contributed by atoms with E-state index in [1.165, 1.54) is 6.07 Å². The monoisotopic (exact) mass is 548 g/mol. The number of hydrogen-bond donors (Lipinski definition) is 7. The number of ketones is 2. The number of primary amides is 1. The number of fused-ring (bicyclic) bond motifs is 3. The number of carbonyl (C=O) groups excluding carboxylic acids is 4. The predicted molar refractivity (Wildman–Crippen MR) is 145 cm³/mol. The number of hydrogen-bond acceptors (Lipinski definition) is 9. The zero-order valence-corrected chi connectivity index (χ0v) is 21.7. The van der Waals surface area contributed by atoms with Gasteiger partial charge in [0, 0.05) is 43.4 Å². The number of nitrogens with zero attached hydrogens (tertiary/aromatic N) is 1. The highest BCUT2D eigenvalue weighted by Gasteiger charge is 2.60. The minimum absolute atomic E-state index is 0.0238. The molecule has 1 unspecified atom stereocenters. The SMILES string of the molecule is CN(C)c1cc(NC(=O)Nc2ccccc2)c(O)c2c1CC1C[C@H]3CC(=O)C(C(N)=O)=C(O)[C@@]3(O)C(=O)C1=C2O. The van der Waals surface area contributed by atoms with E-state index in [1.807, 2.05) is 0 Å². The fourth-order valence-corrected chi connectivity index (χ4v) is 5.97. The second kappa shape index (κ2) is 9.42. The fraction of sp³-hybridized carbons (Fsp3) is 0.286. The Balaban J connectivity index is 1.61. The van der Waals surface area contributed by atoms with Gasteiger partial charge in [0.15, 0.2) is 17.1 Å². The van der Waals surface area contributed by atoms with Gasteiger partial charge < -0.3 is 41.7 Å². The Morgan fingerprint density at radius 1 is 1.05 bits per heavy atom. The summed E-state index contributed by atoms with van der Waals surface area (Å²) in [6, 6.07) is 9.47. The van der Waals surface area contributed by atoms with Crippen LogP contribution in [0.3, 0.4) is 0 Å². The molecule has 5 rings (SSSR count). The molecule has 3 amide bonds. The number of carbonyl (C=O) groups is 4. The number of nitrogens with one attached hydrogen (secondary N) is 2. The van der Waals surface area contributed by atoms with Gasteiger partial charge in [-0.25, -0.2) is 4.79 Å². The molecule has 2 aromatic rings. The zero-order chi connectivity index (χ0) is 29.1. The number of nitrogens with two attached hydrogens (primary N) is 1. The quantitative estimate of drug-likeness (QED) is 0.221. The van der Waals surface area contributed by atoms with Crippen molar-refractivity contribution < 1.29 is 39.6 Å². The molecule has 12 nitrogen and oxygen atoms in total. The van der Waals surface area contributed by atoms with Crippen molar-refractivity contribution in [3.8, 4) is 5.75 Å². The van der Waals surface area contributed by atoms with Crippen LogP contribution >= 0.6 is 0 Å². The molecule has 12 heteroatoms. The van der Waals surface area contributed by atoms with Gasteiger partial charge in [0.05, 0.1) is 11.3 Å². The number of phenols is 1. The third-order valence-corrected chi connectivity index (χ3v) is 7.80. The molecule has 0 radical (unpaired) electrons. The molecule has 3 atom stereocenters. The van der Waals surface area contributed by atoms with Gasteiger partial charge >= 0.3 is 6.03 Å². The first kappa shape index (κ1) is 26.8. The van der Waals surface area contributed by atoms with Crippen molar-refractivity contribution in [2.24, 2.45) is 17.6 Å². The average Bonchev–Trinajstić information content (AvgIpc) is 2.88. The lowest BCUT2D eigenvalue weighted by atomic mass is 9.59. The van der Waals surface area contributed by atoms with Crippen molar-refractivity contribution in [1.29, 1.82) is 0 Å². The van der Waals surface area contributed by atoms with Crippen molar-refractivity contribution in [2.75, 3.05) is 29.6 Å². The standard InChI is InChI=1S/C28H28N4O8/c1-32(2)17-11-16(31-27(39)30-14-6-4-3-5-7-14)22(34)20-15(17)9-12-8-13-10-18(33)21(26(29)38)25(37)28(13,40)24(36)19(12)23(20)35/h3-7,11-13,34-35,37,40H,8-10H2,1-2H3,(H2,29,38)(H2,30,31,39)/t12?,13-,28-/m0/s1. The van der Waals surface area contributed by atoms with Crippen LogP contribution in [0.2, 0.25) is 0 Å². The number of rotatable bonds is 4. The number of para-hydroxylation sites is 1. The summed E-state index contributed by atoms with van der Waals surface area (Å²) >= 11 is 0. The molecule has 0 aromatic heterocycles. The second-order valence-corrected chi connectivity index (χ2v) is 10.4. The number of benzene rings is 2. The van der Waals surface area contributed by atoms with E-state index in [9.17, 15) is 39.6 Å². The largest absolute Gasteiger partial charge is 0.508 e. The third kappa shape index (κ3) is 3.95. The molecule has 0 aliphatic heterocycles. The van der Waals surface area contributed by atoms with Gasteiger partial charge in [-0.05, 0) is 42.5 Å². The number of urea groups is 1. The van der Waals surface area contributed by atoms with Crippen LogP contribution < -0.4 is 21.3 Å². The van der Waals surface area contributed by atoms with Crippen molar-refractivity contribution in [2.45, 2.75) is 24.9 Å². The van der Waals surface area contributed by atoms with Gasteiger partial charge in [-0.1, -0.05) is 18.2 Å². The van der Waals surface area contributed by atoms with Crippen molar-refractivity contribution >= 4 is 46.3 Å². The lowest BCUT2D eigenvalue weighted by molar-refractivity contribution is -0.147. The van der Waals surface area contributed by atoms with Gasteiger partial charge in [-0.15, -0.1) is 0 Å². The van der Waals surface area contributed by atoms with Crippen LogP contribution in [0.5, 0.6) is 5.75 Å². The van der Waals surface area contributed by atoms with E-state index in [0.717, 1.165) is 0 Å². The highest BCUT2D eigenvalue weighted by Crippen LogP contribution is 2.54. The third-order valence-electron chi connectivity index (χ3n) is 7.80. The molecule has 1 fully saturated rings. The van der Waals surface area contributed by atoms with Gasteiger partial charge in [0.25, 0.3) is 5.91 Å². The van der Waals surface area contributed by atoms with Crippen LogP contribution in [0, 0.1) is 11.8 Å². The second-order valence-electron chi connectivity index (χ2n) is 10.4. The van der Waals surface area contributed by atoms with E-state index in [1.54, 1.807) is 49.3 Å². The Kier molecular flexibility index (Phi) is 6.30. The number of amides is 3. The van der Waals surface area contributed by atoms with Gasteiger partial charge in [0.1, 0.15) is 17.1 Å². The maximum Gasteiger partial charge on any atom is 0.323 e. The zero-order valence-electron chi connectivity index (χ0n) is 21.7. The van der Waals surface area contributed by atoms with Crippen LogP contribution in [0.15, 0.2) is 53.3 Å². The number of aliphatic hydroxyl groups excluding tert-OH is 2. The molecular weight excluding hydrogens is 520 g/mol.